The number of halogens is 1. The van der Waals surface area contributed by atoms with E-state index >= 15 is 0 Å². The van der Waals surface area contributed by atoms with Crippen LogP contribution in [0.3, 0.4) is 0 Å². The van der Waals surface area contributed by atoms with Crippen molar-refractivity contribution in [1.82, 2.24) is 25.1 Å². The van der Waals surface area contributed by atoms with Gasteiger partial charge in [-0.05, 0) is 12.2 Å². The summed E-state index contributed by atoms with van der Waals surface area (Å²) in [7, 11) is 0. The highest BCUT2D eigenvalue weighted by atomic mass is 35.5. The number of anilines is 1. The third kappa shape index (κ3) is 4.98. The maximum absolute atomic E-state index is 11.5. The molecule has 0 spiro atoms. The molecule has 0 aliphatic heterocycles. The molecule has 0 saturated heterocycles. The van der Waals surface area contributed by atoms with Crippen LogP contribution in [0.5, 0.6) is 0 Å². The Morgan fingerprint density at radius 3 is 2.88 bits per heavy atom. The van der Waals surface area contributed by atoms with Crippen molar-refractivity contribution in [2.24, 2.45) is 0 Å². The second-order valence-electron chi connectivity index (χ2n) is 5.11. The minimum atomic E-state index is -0.0522. The normalized spacial score (nSPS) is 11.0. The monoisotopic (exact) mass is 370 g/mol. The number of alkyl halides is 1. The molecule has 0 fully saturated rings. The predicted octanol–water partition coefficient (Wildman–Crippen LogP) is 2.51. The number of nitrogens with one attached hydrogen (secondary N) is 2. The summed E-state index contributed by atoms with van der Waals surface area (Å²) in [6, 6.07) is 0. The molecule has 0 aliphatic rings. The van der Waals surface area contributed by atoms with Gasteiger partial charge in [0.1, 0.15) is 5.82 Å². The molecule has 9 heteroatoms. The number of hydrogen-bond acceptors (Lipinski definition) is 6. The number of nitrogens with zero attached hydrogens (tertiary/aromatic N) is 4. The van der Waals surface area contributed by atoms with E-state index in [1.807, 2.05) is 0 Å². The smallest absolute Gasteiger partial charge is 0.221 e. The van der Waals surface area contributed by atoms with Crippen molar-refractivity contribution in [1.29, 1.82) is 0 Å². The molecule has 24 heavy (non-hydrogen) atoms. The van der Waals surface area contributed by atoms with Gasteiger partial charge in [0.15, 0.2) is 10.8 Å². The number of fused-ring (bicyclic) bond motifs is 1. The minimum absolute atomic E-state index is 0.0522. The second-order valence-corrected chi connectivity index (χ2v) is 6.72. The number of rotatable bonds is 10. The van der Waals surface area contributed by atoms with Crippen LogP contribution >= 0.6 is 23.4 Å². The number of thioether (sulfide) groups is 1. The van der Waals surface area contributed by atoms with Crippen molar-refractivity contribution in [2.75, 3.05) is 30.0 Å². The van der Waals surface area contributed by atoms with E-state index in [9.17, 15) is 4.79 Å². The first-order valence-corrected chi connectivity index (χ1v) is 9.64. The summed E-state index contributed by atoms with van der Waals surface area (Å²) in [5.41, 5.74) is 0.783. The molecule has 0 radical (unpaired) electrons. The molecule has 0 unspecified atom stereocenters. The van der Waals surface area contributed by atoms with Crippen LogP contribution in [0.2, 0.25) is 0 Å². The molecule has 0 saturated carbocycles. The molecular formula is C15H23ClN6OS. The molecule has 2 heterocycles. The Balaban J connectivity index is 2.18. The molecule has 2 N–H and O–H groups in total. The van der Waals surface area contributed by atoms with E-state index in [-0.39, 0.29) is 5.91 Å². The Kier molecular flexibility index (Phi) is 7.58. The lowest BCUT2D eigenvalue weighted by Gasteiger charge is -2.09. The largest absolute Gasteiger partial charge is 0.369 e. The number of hydrogen-bond donors (Lipinski definition) is 2. The number of amides is 1. The standard InChI is InChI=1S/C15H23ClN6OS/c1-3-7-18-13-11-10-19-22(9-8-17-12(23)5-6-16)14(11)21-15(20-13)24-4-2/h10H,3-9H2,1-2H3,(H,17,23)(H,18,20,21). The Hall–Kier alpha value is -1.54. The van der Waals surface area contributed by atoms with Gasteiger partial charge in [-0.15, -0.1) is 11.6 Å². The molecule has 2 rings (SSSR count). The highest BCUT2D eigenvalue weighted by Gasteiger charge is 2.13. The van der Waals surface area contributed by atoms with Gasteiger partial charge in [0.05, 0.1) is 18.1 Å². The zero-order valence-electron chi connectivity index (χ0n) is 14.0. The van der Waals surface area contributed by atoms with E-state index in [4.69, 9.17) is 11.6 Å². The summed E-state index contributed by atoms with van der Waals surface area (Å²) >= 11 is 7.15. The lowest BCUT2D eigenvalue weighted by molar-refractivity contribution is -0.120. The molecular weight excluding hydrogens is 348 g/mol. The van der Waals surface area contributed by atoms with Crippen molar-refractivity contribution in [3.8, 4) is 0 Å². The summed E-state index contributed by atoms with van der Waals surface area (Å²) in [5, 5.41) is 12.2. The third-order valence-corrected chi connectivity index (χ3v) is 4.18. The molecule has 0 aliphatic carbocycles. The van der Waals surface area contributed by atoms with E-state index in [2.05, 4.69) is 39.5 Å². The maximum Gasteiger partial charge on any atom is 0.221 e. The van der Waals surface area contributed by atoms with Gasteiger partial charge in [-0.2, -0.15) is 5.10 Å². The summed E-state index contributed by atoms with van der Waals surface area (Å²) in [4.78, 5) is 20.7. The van der Waals surface area contributed by atoms with Crippen molar-refractivity contribution in [3.05, 3.63) is 6.20 Å². The number of carbonyl (C=O) groups is 1. The van der Waals surface area contributed by atoms with Crippen LogP contribution in [-0.4, -0.2) is 50.4 Å². The van der Waals surface area contributed by atoms with Crippen LogP contribution in [0, 0.1) is 0 Å². The van der Waals surface area contributed by atoms with Gasteiger partial charge in [0, 0.05) is 25.4 Å². The van der Waals surface area contributed by atoms with Crippen LogP contribution in [0.4, 0.5) is 5.82 Å². The fourth-order valence-electron chi connectivity index (χ4n) is 2.15. The Bertz CT molecular complexity index is 677. The average molecular weight is 371 g/mol. The fourth-order valence-corrected chi connectivity index (χ4v) is 2.88. The molecule has 0 atom stereocenters. The van der Waals surface area contributed by atoms with Gasteiger partial charge in [0.25, 0.3) is 0 Å². The fraction of sp³-hybridized carbons (Fsp3) is 0.600. The molecule has 2 aromatic rings. The van der Waals surface area contributed by atoms with Gasteiger partial charge in [-0.1, -0.05) is 25.6 Å². The summed E-state index contributed by atoms with van der Waals surface area (Å²) in [5.74, 6) is 1.99. The van der Waals surface area contributed by atoms with E-state index in [1.165, 1.54) is 0 Å². The molecule has 0 bridgehead atoms. The van der Waals surface area contributed by atoms with Crippen molar-refractivity contribution in [3.63, 3.8) is 0 Å². The zero-order chi connectivity index (χ0) is 17.4. The Morgan fingerprint density at radius 2 is 2.17 bits per heavy atom. The van der Waals surface area contributed by atoms with Crippen LogP contribution in [-0.2, 0) is 11.3 Å². The van der Waals surface area contributed by atoms with Gasteiger partial charge in [-0.3, -0.25) is 4.79 Å². The van der Waals surface area contributed by atoms with Crippen LogP contribution in [0.1, 0.15) is 26.7 Å². The predicted molar refractivity (Wildman–Crippen MR) is 98.8 cm³/mol. The number of aromatic nitrogens is 4. The van der Waals surface area contributed by atoms with Gasteiger partial charge in [-0.25, -0.2) is 14.6 Å². The second kappa shape index (κ2) is 9.68. The summed E-state index contributed by atoms with van der Waals surface area (Å²) in [6.45, 7) is 6.07. The summed E-state index contributed by atoms with van der Waals surface area (Å²) in [6.07, 6.45) is 3.11. The van der Waals surface area contributed by atoms with Crippen molar-refractivity contribution < 1.29 is 4.79 Å². The van der Waals surface area contributed by atoms with E-state index in [1.54, 1.807) is 22.6 Å². The van der Waals surface area contributed by atoms with Crippen molar-refractivity contribution >= 4 is 46.1 Å². The molecule has 7 nitrogen and oxygen atoms in total. The van der Waals surface area contributed by atoms with Gasteiger partial charge < -0.3 is 10.6 Å². The molecule has 0 aromatic carbocycles. The first-order chi connectivity index (χ1) is 11.7. The Labute approximate surface area is 150 Å². The average Bonchev–Trinajstić information content (AvgIpc) is 2.96. The summed E-state index contributed by atoms with van der Waals surface area (Å²) < 4.78 is 1.80. The van der Waals surface area contributed by atoms with E-state index in [0.29, 0.717) is 25.4 Å². The van der Waals surface area contributed by atoms with Gasteiger partial charge >= 0.3 is 0 Å². The quantitative estimate of drug-likeness (QED) is 0.380. The lowest BCUT2D eigenvalue weighted by atomic mass is 10.3. The van der Waals surface area contributed by atoms with Crippen LogP contribution < -0.4 is 10.6 Å². The Morgan fingerprint density at radius 1 is 1.33 bits per heavy atom. The maximum atomic E-state index is 11.5. The molecule has 132 valence electrons. The first kappa shape index (κ1) is 18.8. The third-order valence-electron chi connectivity index (χ3n) is 3.26. The van der Waals surface area contributed by atoms with Crippen LogP contribution in [0.15, 0.2) is 11.4 Å². The van der Waals surface area contributed by atoms with Crippen LogP contribution in [0.25, 0.3) is 11.0 Å². The lowest BCUT2D eigenvalue weighted by Crippen LogP contribution is -2.27. The topological polar surface area (TPSA) is 84.7 Å². The van der Waals surface area contributed by atoms with E-state index in [0.717, 1.165) is 40.7 Å². The van der Waals surface area contributed by atoms with Gasteiger partial charge in [0.2, 0.25) is 5.91 Å². The van der Waals surface area contributed by atoms with Crippen molar-refractivity contribution in [2.45, 2.75) is 38.4 Å². The highest BCUT2D eigenvalue weighted by molar-refractivity contribution is 7.99. The number of carbonyl (C=O) groups excluding carboxylic acids is 1. The van der Waals surface area contributed by atoms with E-state index < -0.39 is 0 Å². The SMILES string of the molecule is CCCNc1nc(SCC)nc2c1cnn2CCNC(=O)CCCl. The molecule has 1 amide bonds. The zero-order valence-corrected chi connectivity index (χ0v) is 15.6. The molecule has 2 aromatic heterocycles. The highest BCUT2D eigenvalue weighted by Crippen LogP contribution is 2.24. The first-order valence-electron chi connectivity index (χ1n) is 8.12. The minimum Gasteiger partial charge on any atom is -0.369 e.